The summed E-state index contributed by atoms with van der Waals surface area (Å²) in [5, 5.41) is 3.88. The Morgan fingerprint density at radius 1 is 1.46 bits per heavy atom. The number of hydrogen-bond acceptors (Lipinski definition) is 2. The van der Waals surface area contributed by atoms with Crippen molar-refractivity contribution in [3.05, 3.63) is 17.0 Å². The number of aryl methyl sites for hydroxylation is 2. The molecule has 1 rings (SSSR count). The van der Waals surface area contributed by atoms with Gasteiger partial charge in [0, 0.05) is 12.7 Å². The fourth-order valence-corrected chi connectivity index (χ4v) is 1.24. The Morgan fingerprint density at radius 2 is 2.00 bits per heavy atom. The van der Waals surface area contributed by atoms with Crippen molar-refractivity contribution in [2.24, 2.45) is 7.05 Å². The summed E-state index contributed by atoms with van der Waals surface area (Å²) in [4.78, 5) is 11.0. The van der Waals surface area contributed by atoms with Gasteiger partial charge in [0.05, 0.1) is 11.3 Å². The van der Waals surface area contributed by atoms with Crippen LogP contribution in [0.25, 0.3) is 0 Å². The fraction of sp³-hybridized carbons (Fsp3) is 0.500. The molecule has 1 aromatic heterocycles. The number of ketones is 1. The number of aromatic nitrogens is 2. The van der Waals surface area contributed by atoms with Crippen LogP contribution in [0.15, 0.2) is 0 Å². The molecular formula is C8H10F2N2O. The minimum Gasteiger partial charge on any atom is -0.288 e. The van der Waals surface area contributed by atoms with Crippen molar-refractivity contribution in [3.63, 3.8) is 0 Å². The molecule has 5 heteroatoms. The van der Waals surface area contributed by atoms with Gasteiger partial charge in [0.1, 0.15) is 0 Å². The van der Waals surface area contributed by atoms with E-state index in [2.05, 4.69) is 5.10 Å². The van der Waals surface area contributed by atoms with Crippen molar-refractivity contribution in [3.8, 4) is 0 Å². The first-order valence-electron chi connectivity index (χ1n) is 3.77. The largest absolute Gasteiger partial charge is 0.300 e. The number of hydrogen-bond donors (Lipinski definition) is 0. The van der Waals surface area contributed by atoms with Crippen LogP contribution < -0.4 is 0 Å². The lowest BCUT2D eigenvalue weighted by molar-refractivity contribution is 0.0677. The zero-order valence-corrected chi connectivity index (χ0v) is 7.64. The van der Waals surface area contributed by atoms with Gasteiger partial charge in [0.15, 0.2) is 0 Å². The van der Waals surface area contributed by atoms with E-state index < -0.39 is 12.2 Å². The van der Waals surface area contributed by atoms with Gasteiger partial charge in [-0.1, -0.05) is 0 Å². The molecule has 0 unspecified atom stereocenters. The number of carbonyl (C=O) groups excluding carboxylic acids is 1. The highest BCUT2D eigenvalue weighted by molar-refractivity contribution is 6.00. The van der Waals surface area contributed by atoms with Crippen LogP contribution in [-0.2, 0) is 7.05 Å². The van der Waals surface area contributed by atoms with Crippen molar-refractivity contribution in [1.82, 2.24) is 9.78 Å². The van der Waals surface area contributed by atoms with E-state index in [-0.39, 0.29) is 5.56 Å². The van der Waals surface area contributed by atoms with E-state index in [0.29, 0.717) is 11.4 Å². The van der Waals surface area contributed by atoms with Gasteiger partial charge in [-0.3, -0.25) is 9.48 Å². The predicted octanol–water partition coefficient (Wildman–Crippen LogP) is 1.48. The number of rotatable bonds is 2. The molecule has 3 nitrogen and oxygen atoms in total. The Hall–Kier alpha value is -1.26. The van der Waals surface area contributed by atoms with Crippen LogP contribution in [0.3, 0.4) is 0 Å². The molecule has 72 valence electrons. The molecule has 0 atom stereocenters. The van der Waals surface area contributed by atoms with Crippen LogP contribution in [0.1, 0.15) is 21.7 Å². The van der Waals surface area contributed by atoms with Gasteiger partial charge in [-0.25, -0.2) is 8.78 Å². The lowest BCUT2D eigenvalue weighted by Crippen LogP contribution is -2.12. The smallest absolute Gasteiger partial charge is 0.288 e. The Balaban J connectivity index is 3.21. The maximum atomic E-state index is 12.1. The minimum absolute atomic E-state index is 0.0394. The van der Waals surface area contributed by atoms with Gasteiger partial charge < -0.3 is 0 Å². The molecule has 0 fully saturated rings. The first-order valence-corrected chi connectivity index (χ1v) is 3.77. The molecular weight excluding hydrogens is 178 g/mol. The molecule has 0 bridgehead atoms. The lowest BCUT2D eigenvalue weighted by atomic mass is 10.1. The van der Waals surface area contributed by atoms with Crippen molar-refractivity contribution < 1.29 is 13.6 Å². The Kier molecular flexibility index (Phi) is 2.45. The average molecular weight is 188 g/mol. The molecule has 0 saturated carbocycles. The summed E-state index contributed by atoms with van der Waals surface area (Å²) < 4.78 is 25.6. The highest BCUT2D eigenvalue weighted by Gasteiger charge is 2.24. The van der Waals surface area contributed by atoms with Crippen molar-refractivity contribution in [1.29, 1.82) is 0 Å². The Labute approximate surface area is 74.4 Å². The second-order valence-electron chi connectivity index (χ2n) is 2.83. The van der Waals surface area contributed by atoms with Crippen molar-refractivity contribution in [2.45, 2.75) is 20.3 Å². The maximum absolute atomic E-state index is 12.1. The second kappa shape index (κ2) is 3.24. The van der Waals surface area contributed by atoms with Crippen LogP contribution in [-0.4, -0.2) is 22.0 Å². The maximum Gasteiger partial charge on any atom is 0.300 e. The van der Waals surface area contributed by atoms with Gasteiger partial charge in [-0.2, -0.15) is 5.10 Å². The van der Waals surface area contributed by atoms with Crippen LogP contribution in [0, 0.1) is 13.8 Å². The van der Waals surface area contributed by atoms with E-state index in [1.165, 1.54) is 4.68 Å². The van der Waals surface area contributed by atoms with E-state index in [1.807, 2.05) is 0 Å². The molecule has 13 heavy (non-hydrogen) atoms. The summed E-state index contributed by atoms with van der Waals surface area (Å²) in [5.74, 6) is -1.15. The number of nitrogens with zero attached hydrogens (tertiary/aromatic N) is 2. The third kappa shape index (κ3) is 1.59. The third-order valence-corrected chi connectivity index (χ3v) is 1.95. The first kappa shape index (κ1) is 9.83. The predicted molar refractivity (Wildman–Crippen MR) is 43.0 cm³/mol. The second-order valence-corrected chi connectivity index (χ2v) is 2.83. The summed E-state index contributed by atoms with van der Waals surface area (Å²) >= 11 is 0. The highest BCUT2D eigenvalue weighted by Crippen LogP contribution is 2.15. The fourth-order valence-electron chi connectivity index (χ4n) is 1.24. The lowest BCUT2D eigenvalue weighted by Gasteiger charge is -1.98. The average Bonchev–Trinajstić information content (AvgIpc) is 2.26. The monoisotopic (exact) mass is 188 g/mol. The van der Waals surface area contributed by atoms with Gasteiger partial charge in [-0.05, 0) is 13.8 Å². The molecule has 0 radical (unpaired) electrons. The van der Waals surface area contributed by atoms with Gasteiger partial charge in [0.2, 0.25) is 5.78 Å². The quantitative estimate of drug-likeness (QED) is 0.659. The summed E-state index contributed by atoms with van der Waals surface area (Å²) in [6, 6.07) is 0. The van der Waals surface area contributed by atoms with E-state index in [1.54, 1.807) is 20.9 Å². The van der Waals surface area contributed by atoms with Crippen molar-refractivity contribution in [2.75, 3.05) is 0 Å². The standard InChI is InChI=1S/C8H10F2N2O/c1-4-6(7(13)8(9)10)5(2)12(3)11-4/h8H,1-3H3. The number of alkyl halides is 2. The molecule has 0 aliphatic rings. The van der Waals surface area contributed by atoms with Gasteiger partial charge >= 0.3 is 6.43 Å². The molecule has 0 aliphatic heterocycles. The van der Waals surface area contributed by atoms with Gasteiger partial charge in [-0.15, -0.1) is 0 Å². The van der Waals surface area contributed by atoms with Crippen LogP contribution >= 0.6 is 0 Å². The normalized spacial score (nSPS) is 10.9. The molecule has 0 amide bonds. The highest BCUT2D eigenvalue weighted by atomic mass is 19.3. The zero-order valence-electron chi connectivity index (χ0n) is 7.64. The number of halogens is 2. The molecule has 0 aromatic carbocycles. The summed E-state index contributed by atoms with van der Waals surface area (Å²) in [6.07, 6.45) is -2.96. The molecule has 1 heterocycles. The van der Waals surface area contributed by atoms with E-state index >= 15 is 0 Å². The zero-order chi connectivity index (χ0) is 10.2. The number of Topliss-reactive ketones (excluding diaryl/α,β-unsaturated/α-hetero) is 1. The summed E-state index contributed by atoms with van der Waals surface area (Å²) in [7, 11) is 1.62. The first-order chi connectivity index (χ1) is 5.95. The van der Waals surface area contributed by atoms with Gasteiger partial charge in [0.25, 0.3) is 0 Å². The topological polar surface area (TPSA) is 34.9 Å². The number of carbonyl (C=O) groups is 1. The molecule has 0 aliphatic carbocycles. The van der Waals surface area contributed by atoms with Crippen molar-refractivity contribution >= 4 is 5.78 Å². The molecule has 0 spiro atoms. The Bertz CT molecular complexity index is 344. The van der Waals surface area contributed by atoms with E-state index in [4.69, 9.17) is 0 Å². The molecule has 0 saturated heterocycles. The third-order valence-electron chi connectivity index (χ3n) is 1.95. The summed E-state index contributed by atoms with van der Waals surface area (Å²) in [5.41, 5.74) is 0.866. The Morgan fingerprint density at radius 3 is 2.31 bits per heavy atom. The molecule has 1 aromatic rings. The minimum atomic E-state index is -2.96. The molecule has 0 N–H and O–H groups in total. The van der Waals surface area contributed by atoms with E-state index in [0.717, 1.165) is 0 Å². The SMILES string of the molecule is Cc1nn(C)c(C)c1C(=O)C(F)F. The van der Waals surface area contributed by atoms with Crippen LogP contribution in [0.2, 0.25) is 0 Å². The van der Waals surface area contributed by atoms with E-state index in [9.17, 15) is 13.6 Å². The van der Waals surface area contributed by atoms with Crippen LogP contribution in [0.4, 0.5) is 8.78 Å². The summed E-state index contributed by atoms with van der Waals surface area (Å²) in [6.45, 7) is 3.14. The van der Waals surface area contributed by atoms with Crippen LogP contribution in [0.5, 0.6) is 0 Å².